The van der Waals surface area contributed by atoms with Crippen LogP contribution in [0.25, 0.3) is 0 Å². The molecule has 4 rings (SSSR count). The lowest BCUT2D eigenvalue weighted by atomic mass is 10.1. The summed E-state index contributed by atoms with van der Waals surface area (Å²) in [6, 6.07) is 11.2. The minimum Gasteiger partial charge on any atom is -0.427 e. The third-order valence-corrected chi connectivity index (χ3v) is 5.98. The lowest BCUT2D eigenvalue weighted by Gasteiger charge is -2.35. The number of hydrogen-bond donors (Lipinski definition) is 0. The molecule has 0 atom stereocenters. The molecule has 9 nitrogen and oxygen atoms in total. The lowest BCUT2D eigenvalue weighted by Crippen LogP contribution is -2.53. The zero-order chi connectivity index (χ0) is 23.7. The first-order chi connectivity index (χ1) is 15.7. The first-order valence-corrected chi connectivity index (χ1v) is 11.0. The third-order valence-electron chi connectivity index (χ3n) is 5.49. The first kappa shape index (κ1) is 22.7. The first-order valence-electron chi connectivity index (χ1n) is 10.3. The van der Waals surface area contributed by atoms with Crippen LogP contribution in [0.5, 0.6) is 5.75 Å². The molecule has 0 spiro atoms. The van der Waals surface area contributed by atoms with Crippen LogP contribution in [0, 0.1) is 0 Å². The highest BCUT2D eigenvalue weighted by atomic mass is 79.9. The number of carbonyl (C=O) groups excluding carboxylic acids is 5. The van der Waals surface area contributed by atoms with Crippen LogP contribution >= 0.6 is 15.9 Å². The molecule has 4 amide bonds. The van der Waals surface area contributed by atoms with Crippen molar-refractivity contribution >= 4 is 45.5 Å². The molecule has 0 radical (unpaired) electrons. The number of halogens is 1. The molecule has 0 aromatic heterocycles. The van der Waals surface area contributed by atoms with Crippen molar-refractivity contribution in [3.05, 3.63) is 63.6 Å². The van der Waals surface area contributed by atoms with Crippen LogP contribution in [0.3, 0.4) is 0 Å². The molecule has 2 aliphatic rings. The smallest absolute Gasteiger partial charge is 0.308 e. The Kier molecular flexibility index (Phi) is 6.28. The summed E-state index contributed by atoms with van der Waals surface area (Å²) in [7, 11) is 0. The van der Waals surface area contributed by atoms with Gasteiger partial charge in [0.1, 0.15) is 12.3 Å². The Bertz CT molecular complexity index is 1170. The Hall–Kier alpha value is -3.53. The van der Waals surface area contributed by atoms with E-state index in [4.69, 9.17) is 4.74 Å². The lowest BCUT2D eigenvalue weighted by molar-refractivity contribution is -0.133. The second-order valence-electron chi connectivity index (χ2n) is 7.68. The molecular weight excluding hydrogens is 494 g/mol. The minimum absolute atomic E-state index is 0.234. The number of carbonyl (C=O) groups is 5. The van der Waals surface area contributed by atoms with Gasteiger partial charge in [0.05, 0.1) is 11.1 Å². The van der Waals surface area contributed by atoms with Crippen molar-refractivity contribution in [2.75, 3.05) is 32.7 Å². The van der Waals surface area contributed by atoms with E-state index in [-0.39, 0.29) is 48.3 Å². The fraction of sp³-hybridized carbons (Fsp3) is 0.261. The van der Waals surface area contributed by atoms with Crippen LogP contribution in [-0.4, -0.2) is 77.0 Å². The molecule has 0 bridgehead atoms. The molecule has 1 saturated heterocycles. The summed E-state index contributed by atoms with van der Waals surface area (Å²) < 4.78 is 5.70. The van der Waals surface area contributed by atoms with E-state index in [1.807, 2.05) is 0 Å². The van der Waals surface area contributed by atoms with Crippen molar-refractivity contribution in [3.63, 3.8) is 0 Å². The zero-order valence-electron chi connectivity index (χ0n) is 17.7. The quantitative estimate of drug-likeness (QED) is 0.351. The molecule has 2 aromatic rings. The van der Waals surface area contributed by atoms with Crippen LogP contribution in [0.15, 0.2) is 46.9 Å². The van der Waals surface area contributed by atoms with Crippen molar-refractivity contribution in [1.29, 1.82) is 0 Å². The standard InChI is InChI=1S/C23H20BrN3O6/c1-14(28)33-17-4-2-3-15(11-17)21(30)26-9-7-25(8-10-26)20(29)13-27-22(31)18-6-5-16(24)12-19(18)23(27)32/h2-6,11-12H,7-10,13H2,1H3. The normalized spacial score (nSPS) is 15.5. The van der Waals surface area contributed by atoms with E-state index < -0.39 is 17.8 Å². The van der Waals surface area contributed by atoms with Gasteiger partial charge in [-0.3, -0.25) is 28.9 Å². The number of ether oxygens (including phenoxy) is 1. The molecule has 0 N–H and O–H groups in total. The van der Waals surface area contributed by atoms with Crippen LogP contribution in [0.1, 0.15) is 38.0 Å². The Morgan fingerprint density at radius 2 is 1.58 bits per heavy atom. The molecule has 10 heteroatoms. The van der Waals surface area contributed by atoms with Crippen LogP contribution in [0.2, 0.25) is 0 Å². The fourth-order valence-electron chi connectivity index (χ4n) is 3.84. The van der Waals surface area contributed by atoms with Crippen molar-refractivity contribution in [3.8, 4) is 5.75 Å². The number of fused-ring (bicyclic) bond motifs is 1. The molecule has 2 heterocycles. The summed E-state index contributed by atoms with van der Waals surface area (Å²) in [5.74, 6) is -1.76. The molecule has 1 fully saturated rings. The third kappa shape index (κ3) is 4.65. The fourth-order valence-corrected chi connectivity index (χ4v) is 4.20. The predicted octanol–water partition coefficient (Wildman–Crippen LogP) is 1.95. The minimum atomic E-state index is -0.494. The molecule has 2 aromatic carbocycles. The SMILES string of the molecule is CC(=O)Oc1cccc(C(=O)N2CCN(C(=O)CN3C(=O)c4ccc(Br)cc4C3=O)CC2)c1. The molecule has 2 aliphatic heterocycles. The van der Waals surface area contributed by atoms with Gasteiger partial charge in [-0.05, 0) is 36.4 Å². The Morgan fingerprint density at radius 3 is 2.27 bits per heavy atom. The van der Waals surface area contributed by atoms with Crippen LogP contribution in [0.4, 0.5) is 0 Å². The molecule has 170 valence electrons. The summed E-state index contributed by atoms with van der Waals surface area (Å²) in [6.07, 6.45) is 0. The number of benzene rings is 2. The number of imide groups is 1. The second kappa shape index (κ2) is 9.14. The molecule has 0 saturated carbocycles. The van der Waals surface area contributed by atoms with Gasteiger partial charge in [-0.1, -0.05) is 22.0 Å². The number of rotatable bonds is 4. The van der Waals surface area contributed by atoms with Gasteiger partial charge in [0.15, 0.2) is 0 Å². The average Bonchev–Trinajstić information content (AvgIpc) is 3.02. The second-order valence-corrected chi connectivity index (χ2v) is 8.60. The van der Waals surface area contributed by atoms with Gasteiger partial charge >= 0.3 is 5.97 Å². The highest BCUT2D eigenvalue weighted by Crippen LogP contribution is 2.26. The summed E-state index contributed by atoms with van der Waals surface area (Å²) in [5.41, 5.74) is 0.932. The van der Waals surface area contributed by atoms with E-state index >= 15 is 0 Å². The molecule has 0 unspecified atom stereocenters. The monoisotopic (exact) mass is 513 g/mol. The van der Waals surface area contributed by atoms with Gasteiger partial charge in [0.25, 0.3) is 17.7 Å². The number of piperazine rings is 1. The van der Waals surface area contributed by atoms with E-state index in [0.29, 0.717) is 23.1 Å². The number of esters is 1. The number of nitrogens with zero attached hydrogens (tertiary/aromatic N) is 3. The van der Waals surface area contributed by atoms with E-state index in [1.165, 1.54) is 13.0 Å². The molecule has 0 aliphatic carbocycles. The van der Waals surface area contributed by atoms with Crippen LogP contribution in [-0.2, 0) is 9.59 Å². The Labute approximate surface area is 198 Å². The molecule has 33 heavy (non-hydrogen) atoms. The van der Waals surface area contributed by atoms with Gasteiger partial charge in [0.2, 0.25) is 5.91 Å². The van der Waals surface area contributed by atoms with E-state index in [1.54, 1.807) is 46.2 Å². The maximum atomic E-state index is 12.8. The largest absolute Gasteiger partial charge is 0.427 e. The van der Waals surface area contributed by atoms with Crippen molar-refractivity contribution in [2.24, 2.45) is 0 Å². The maximum absolute atomic E-state index is 12.8. The maximum Gasteiger partial charge on any atom is 0.308 e. The predicted molar refractivity (Wildman–Crippen MR) is 120 cm³/mol. The van der Waals surface area contributed by atoms with E-state index in [9.17, 15) is 24.0 Å². The van der Waals surface area contributed by atoms with Gasteiger partial charge in [-0.15, -0.1) is 0 Å². The highest BCUT2D eigenvalue weighted by molar-refractivity contribution is 9.10. The Morgan fingerprint density at radius 1 is 0.909 bits per heavy atom. The average molecular weight is 514 g/mol. The summed E-state index contributed by atoms with van der Waals surface area (Å²) >= 11 is 3.28. The highest BCUT2D eigenvalue weighted by Gasteiger charge is 2.38. The topological polar surface area (TPSA) is 104 Å². The van der Waals surface area contributed by atoms with Crippen LogP contribution < -0.4 is 4.74 Å². The van der Waals surface area contributed by atoms with Gasteiger partial charge in [0, 0.05) is 43.1 Å². The summed E-state index contributed by atoms with van der Waals surface area (Å²) in [5, 5.41) is 0. The number of hydrogen-bond acceptors (Lipinski definition) is 6. The van der Waals surface area contributed by atoms with Crippen molar-refractivity contribution in [1.82, 2.24) is 14.7 Å². The zero-order valence-corrected chi connectivity index (χ0v) is 19.3. The molecular formula is C23H20BrN3O6. The van der Waals surface area contributed by atoms with Gasteiger partial charge in [-0.25, -0.2) is 0 Å². The van der Waals surface area contributed by atoms with Crippen molar-refractivity contribution in [2.45, 2.75) is 6.92 Å². The van der Waals surface area contributed by atoms with E-state index in [0.717, 1.165) is 4.90 Å². The van der Waals surface area contributed by atoms with Crippen molar-refractivity contribution < 1.29 is 28.7 Å². The van der Waals surface area contributed by atoms with Gasteiger partial charge < -0.3 is 14.5 Å². The Balaban J connectivity index is 1.35. The van der Waals surface area contributed by atoms with Gasteiger partial charge in [-0.2, -0.15) is 0 Å². The summed E-state index contributed by atoms with van der Waals surface area (Å²) in [4.78, 5) is 66.0. The number of amides is 4. The van der Waals surface area contributed by atoms with E-state index in [2.05, 4.69) is 15.9 Å². The summed E-state index contributed by atoms with van der Waals surface area (Å²) in [6.45, 7) is 2.11.